The molecule has 1 aliphatic heterocycles. The van der Waals surface area contributed by atoms with Gasteiger partial charge in [0.05, 0.1) is 10.2 Å². The van der Waals surface area contributed by atoms with Crippen molar-refractivity contribution >= 4 is 54.0 Å². The fraction of sp³-hybridized carbons (Fsp3) is 0.478. The zero-order valence-corrected chi connectivity index (χ0v) is 21.7. The van der Waals surface area contributed by atoms with Gasteiger partial charge in [0, 0.05) is 19.6 Å². The first-order chi connectivity index (χ1) is 15.9. The molecule has 3 aromatic rings. The van der Waals surface area contributed by atoms with Crippen LogP contribution in [0.5, 0.6) is 0 Å². The smallest absolute Gasteiger partial charge is 0.253 e. The van der Waals surface area contributed by atoms with E-state index < -0.39 is 16.1 Å². The summed E-state index contributed by atoms with van der Waals surface area (Å²) in [5.74, 6) is -0.184. The fourth-order valence-corrected chi connectivity index (χ4v) is 8.10. The second-order valence-electron chi connectivity index (χ2n) is 8.14. The van der Waals surface area contributed by atoms with E-state index in [1.807, 2.05) is 25.1 Å². The predicted molar refractivity (Wildman–Crippen MR) is 136 cm³/mol. The number of amides is 1. The SMILES string of the molecule is CCN(CC)CCN(C(=O)C1CCCN1S(=O)(=O)c1cccs1)c1nc2c(C)cccc2s1. The van der Waals surface area contributed by atoms with E-state index >= 15 is 0 Å². The van der Waals surface area contributed by atoms with E-state index in [9.17, 15) is 13.2 Å². The average molecular weight is 507 g/mol. The van der Waals surface area contributed by atoms with Crippen molar-refractivity contribution in [3.8, 4) is 0 Å². The Kier molecular flexibility index (Phi) is 7.49. The number of anilines is 1. The molecule has 178 valence electrons. The standard InChI is InChI=1S/C23H30N4O3S3/c1-4-25(5-2)14-15-26(23-24-21-17(3)9-6-11-19(21)32-23)22(28)18-10-7-13-27(18)33(29,30)20-12-8-16-31-20/h6,8-9,11-12,16,18H,4-5,7,10,13-15H2,1-3H3. The lowest BCUT2D eigenvalue weighted by atomic mass is 10.2. The molecule has 1 saturated heterocycles. The van der Waals surface area contributed by atoms with E-state index in [1.165, 1.54) is 27.0 Å². The summed E-state index contributed by atoms with van der Waals surface area (Å²) < 4.78 is 29.2. The minimum absolute atomic E-state index is 0.184. The Bertz CT molecular complexity index is 1200. The fourth-order valence-electron chi connectivity index (χ4n) is 4.25. The van der Waals surface area contributed by atoms with E-state index in [2.05, 4.69) is 18.7 Å². The van der Waals surface area contributed by atoms with Gasteiger partial charge in [0.15, 0.2) is 5.13 Å². The Hall–Kier alpha value is -1.85. The van der Waals surface area contributed by atoms with Crippen LogP contribution in [-0.2, 0) is 14.8 Å². The quantitative estimate of drug-likeness (QED) is 0.435. The molecule has 1 amide bonds. The number of aryl methyl sites for hydroxylation is 1. The van der Waals surface area contributed by atoms with Gasteiger partial charge in [-0.2, -0.15) is 4.31 Å². The summed E-state index contributed by atoms with van der Waals surface area (Å²) >= 11 is 2.68. The zero-order valence-electron chi connectivity index (χ0n) is 19.2. The van der Waals surface area contributed by atoms with Crippen molar-refractivity contribution < 1.29 is 13.2 Å². The Morgan fingerprint density at radius 2 is 1.97 bits per heavy atom. The molecule has 4 rings (SSSR count). The van der Waals surface area contributed by atoms with Crippen LogP contribution >= 0.6 is 22.7 Å². The highest BCUT2D eigenvalue weighted by Gasteiger charge is 2.42. The van der Waals surface area contributed by atoms with Crippen LogP contribution in [0.2, 0.25) is 0 Å². The number of hydrogen-bond acceptors (Lipinski definition) is 7. The van der Waals surface area contributed by atoms with Gasteiger partial charge in [0.1, 0.15) is 10.3 Å². The molecule has 0 saturated carbocycles. The van der Waals surface area contributed by atoms with Crippen molar-refractivity contribution in [3.63, 3.8) is 0 Å². The number of benzene rings is 1. The van der Waals surface area contributed by atoms with Gasteiger partial charge in [-0.1, -0.05) is 43.4 Å². The highest BCUT2D eigenvalue weighted by Crippen LogP contribution is 2.34. The minimum atomic E-state index is -3.70. The van der Waals surface area contributed by atoms with Crippen molar-refractivity contribution in [2.45, 2.75) is 43.9 Å². The lowest BCUT2D eigenvalue weighted by molar-refractivity contribution is -0.121. The monoisotopic (exact) mass is 506 g/mol. The summed E-state index contributed by atoms with van der Waals surface area (Å²) in [4.78, 5) is 22.7. The molecule has 0 bridgehead atoms. The van der Waals surface area contributed by atoms with Crippen molar-refractivity contribution in [2.24, 2.45) is 0 Å². The number of carbonyl (C=O) groups excluding carboxylic acids is 1. The van der Waals surface area contributed by atoms with Gasteiger partial charge < -0.3 is 4.90 Å². The number of thiophene rings is 1. The molecular weight excluding hydrogens is 476 g/mol. The maximum atomic E-state index is 13.9. The Labute approximate surface area is 203 Å². The summed E-state index contributed by atoms with van der Waals surface area (Å²) in [6.07, 6.45) is 1.19. The number of nitrogens with zero attached hydrogens (tertiary/aromatic N) is 4. The van der Waals surface area contributed by atoms with Gasteiger partial charge in [-0.25, -0.2) is 13.4 Å². The molecule has 7 nitrogen and oxygen atoms in total. The number of rotatable bonds is 9. The predicted octanol–water partition coefficient (Wildman–Crippen LogP) is 4.19. The van der Waals surface area contributed by atoms with Crippen LogP contribution in [0.3, 0.4) is 0 Å². The zero-order chi connectivity index (χ0) is 23.6. The Morgan fingerprint density at radius 1 is 1.18 bits per heavy atom. The number of fused-ring (bicyclic) bond motifs is 1. The summed E-state index contributed by atoms with van der Waals surface area (Å²) in [6.45, 7) is 9.53. The Morgan fingerprint density at radius 3 is 2.64 bits per heavy atom. The van der Waals surface area contributed by atoms with E-state index in [1.54, 1.807) is 22.4 Å². The molecule has 0 radical (unpaired) electrons. The van der Waals surface area contributed by atoms with Gasteiger partial charge >= 0.3 is 0 Å². The second kappa shape index (κ2) is 10.2. The van der Waals surface area contributed by atoms with Crippen LogP contribution in [0.1, 0.15) is 32.3 Å². The van der Waals surface area contributed by atoms with Crippen molar-refractivity contribution in [3.05, 3.63) is 41.3 Å². The first kappa shape index (κ1) is 24.3. The van der Waals surface area contributed by atoms with Crippen LogP contribution in [0.15, 0.2) is 39.9 Å². The first-order valence-electron chi connectivity index (χ1n) is 11.3. The van der Waals surface area contributed by atoms with E-state index in [0.29, 0.717) is 37.6 Å². The van der Waals surface area contributed by atoms with E-state index in [4.69, 9.17) is 4.98 Å². The highest BCUT2D eigenvalue weighted by molar-refractivity contribution is 7.91. The average Bonchev–Trinajstić information content (AvgIpc) is 3.57. The molecule has 10 heteroatoms. The maximum absolute atomic E-state index is 13.9. The maximum Gasteiger partial charge on any atom is 0.253 e. The molecule has 33 heavy (non-hydrogen) atoms. The second-order valence-corrected chi connectivity index (χ2v) is 12.2. The Balaban J connectivity index is 1.68. The van der Waals surface area contributed by atoms with Crippen LogP contribution in [0.25, 0.3) is 10.2 Å². The van der Waals surface area contributed by atoms with Crippen LogP contribution in [0, 0.1) is 6.92 Å². The molecule has 1 aromatic carbocycles. The molecule has 1 aliphatic rings. The largest absolute Gasteiger partial charge is 0.302 e. The van der Waals surface area contributed by atoms with Gasteiger partial charge in [0.2, 0.25) is 5.91 Å². The molecular formula is C23H30N4O3S3. The van der Waals surface area contributed by atoms with E-state index in [-0.39, 0.29) is 10.1 Å². The highest BCUT2D eigenvalue weighted by atomic mass is 32.2. The lowest BCUT2D eigenvalue weighted by Gasteiger charge is -2.29. The summed E-state index contributed by atoms with van der Waals surface area (Å²) in [5, 5.41) is 2.39. The third kappa shape index (κ3) is 4.85. The number of carbonyl (C=O) groups is 1. The molecule has 3 heterocycles. The third-order valence-electron chi connectivity index (χ3n) is 6.19. The van der Waals surface area contributed by atoms with Gasteiger partial charge in [-0.15, -0.1) is 11.3 Å². The van der Waals surface area contributed by atoms with Crippen LogP contribution in [0.4, 0.5) is 5.13 Å². The number of para-hydroxylation sites is 1. The minimum Gasteiger partial charge on any atom is -0.302 e. The normalized spacial score (nSPS) is 17.3. The van der Waals surface area contributed by atoms with Crippen molar-refractivity contribution in [2.75, 3.05) is 37.6 Å². The van der Waals surface area contributed by atoms with Gasteiger partial charge in [-0.3, -0.25) is 9.69 Å². The third-order valence-corrected chi connectivity index (χ3v) is 10.5. The van der Waals surface area contributed by atoms with Gasteiger partial charge in [0.25, 0.3) is 10.0 Å². The lowest BCUT2D eigenvalue weighted by Crippen LogP contribution is -2.49. The molecule has 0 aliphatic carbocycles. The molecule has 1 fully saturated rings. The molecule has 1 atom stereocenters. The number of thiazole rings is 1. The topological polar surface area (TPSA) is 73.8 Å². The number of aromatic nitrogens is 1. The number of sulfonamides is 1. The summed E-state index contributed by atoms with van der Waals surface area (Å²) in [5.41, 5.74) is 1.96. The first-order valence-corrected chi connectivity index (χ1v) is 14.5. The number of hydrogen-bond donors (Lipinski definition) is 0. The molecule has 1 unspecified atom stereocenters. The van der Waals surface area contributed by atoms with Crippen LogP contribution < -0.4 is 4.90 Å². The van der Waals surface area contributed by atoms with Crippen molar-refractivity contribution in [1.82, 2.24) is 14.2 Å². The van der Waals surface area contributed by atoms with Gasteiger partial charge in [-0.05, 0) is 55.9 Å². The summed E-state index contributed by atoms with van der Waals surface area (Å²) in [6, 6.07) is 8.65. The van der Waals surface area contributed by atoms with Crippen LogP contribution in [-0.4, -0.2) is 67.3 Å². The van der Waals surface area contributed by atoms with E-state index in [0.717, 1.165) is 28.9 Å². The molecule has 2 aromatic heterocycles. The molecule has 0 N–H and O–H groups in total. The number of likely N-dealkylation sites (N-methyl/N-ethyl adjacent to an activating group) is 1. The summed E-state index contributed by atoms with van der Waals surface area (Å²) in [7, 11) is -3.70. The van der Waals surface area contributed by atoms with Crippen molar-refractivity contribution in [1.29, 1.82) is 0 Å². The molecule has 0 spiro atoms.